The molecule has 0 spiro atoms. The Hall–Kier alpha value is -0.520. The van der Waals surface area contributed by atoms with Gasteiger partial charge in [0.15, 0.2) is 0 Å². The summed E-state index contributed by atoms with van der Waals surface area (Å²) in [6.07, 6.45) is 5.12. The first-order valence-corrected chi connectivity index (χ1v) is 2.43. The number of rotatable bonds is 2. The third kappa shape index (κ3) is 2.62. The van der Waals surface area contributed by atoms with Crippen LogP contribution < -0.4 is 0 Å². The first-order valence-electron chi connectivity index (χ1n) is 2.43. The van der Waals surface area contributed by atoms with Gasteiger partial charge in [0.05, 0.1) is 0 Å². The summed E-state index contributed by atoms with van der Waals surface area (Å²) in [5, 5.41) is 17.2. The zero-order chi connectivity index (χ0) is 6.62. The zero-order valence-corrected chi connectivity index (χ0v) is 4.89. The summed E-state index contributed by atoms with van der Waals surface area (Å²) in [6, 6.07) is 0. The molecule has 0 bridgehead atoms. The molecular formula is C6H10O2. The Morgan fingerprint density at radius 1 is 1.75 bits per heavy atom. The molecule has 0 saturated carbocycles. The quantitative estimate of drug-likeness (QED) is 0.486. The molecule has 0 aliphatic rings. The highest BCUT2D eigenvalue weighted by Gasteiger charge is 2.13. The Balaban J connectivity index is 3.59. The van der Waals surface area contributed by atoms with Gasteiger partial charge >= 0.3 is 0 Å². The lowest BCUT2D eigenvalue weighted by molar-refractivity contribution is 0.0879. The molecule has 0 aliphatic carbocycles. The predicted octanol–water partition coefficient (Wildman–Crippen LogP) is -0.247. The van der Waals surface area contributed by atoms with Crippen LogP contribution in [0.3, 0.4) is 0 Å². The molecule has 46 valence electrons. The largest absolute Gasteiger partial charge is 0.396 e. The summed E-state index contributed by atoms with van der Waals surface area (Å²) in [5.74, 6) is 2.14. The third-order valence-corrected chi connectivity index (χ3v) is 0.910. The van der Waals surface area contributed by atoms with Crippen molar-refractivity contribution in [3.63, 3.8) is 0 Å². The normalized spacial score (nSPS) is 16.8. The number of hydrogen-bond acceptors (Lipinski definition) is 2. The summed E-state index contributed by atoms with van der Waals surface area (Å²) in [7, 11) is 0. The van der Waals surface area contributed by atoms with Crippen LogP contribution in [0.1, 0.15) is 13.3 Å². The molecule has 0 heterocycles. The summed E-state index contributed by atoms with van der Waals surface area (Å²) >= 11 is 0. The smallest absolute Gasteiger partial charge is 0.124 e. The Labute approximate surface area is 49.2 Å². The van der Waals surface area contributed by atoms with Crippen LogP contribution in [-0.2, 0) is 0 Å². The van der Waals surface area contributed by atoms with Gasteiger partial charge in [-0.1, -0.05) is 5.92 Å². The highest BCUT2D eigenvalue weighted by atomic mass is 16.3. The standard InChI is InChI=1S/C6H10O2/c1-3-6(2,8)4-5-7/h1,7-8H,4-5H2,2H3. The monoisotopic (exact) mass is 114 g/mol. The second kappa shape index (κ2) is 2.71. The highest BCUT2D eigenvalue weighted by molar-refractivity contribution is 5.03. The van der Waals surface area contributed by atoms with E-state index in [0.29, 0.717) is 0 Å². The lowest BCUT2D eigenvalue weighted by atomic mass is 10.1. The van der Waals surface area contributed by atoms with Gasteiger partial charge in [0.25, 0.3) is 0 Å². The molecular weight excluding hydrogens is 104 g/mol. The molecule has 1 atom stereocenters. The molecule has 0 aromatic carbocycles. The van der Waals surface area contributed by atoms with Gasteiger partial charge < -0.3 is 10.2 Å². The summed E-state index contributed by atoms with van der Waals surface area (Å²) < 4.78 is 0. The molecule has 2 heteroatoms. The first-order chi connectivity index (χ1) is 3.62. The van der Waals surface area contributed by atoms with E-state index < -0.39 is 5.60 Å². The van der Waals surface area contributed by atoms with E-state index in [9.17, 15) is 0 Å². The average molecular weight is 114 g/mol. The fourth-order valence-electron chi connectivity index (χ4n) is 0.290. The highest BCUT2D eigenvalue weighted by Crippen LogP contribution is 2.04. The van der Waals surface area contributed by atoms with Crippen molar-refractivity contribution in [3.8, 4) is 12.3 Å². The van der Waals surface area contributed by atoms with Crippen LogP contribution in [0.25, 0.3) is 0 Å². The summed E-state index contributed by atoms with van der Waals surface area (Å²) in [6.45, 7) is 1.42. The van der Waals surface area contributed by atoms with E-state index in [4.69, 9.17) is 16.6 Å². The molecule has 0 fully saturated rings. The van der Waals surface area contributed by atoms with E-state index in [-0.39, 0.29) is 13.0 Å². The van der Waals surface area contributed by atoms with Gasteiger partial charge in [-0.15, -0.1) is 6.42 Å². The molecule has 0 aliphatic heterocycles. The number of aliphatic hydroxyl groups excluding tert-OH is 1. The van der Waals surface area contributed by atoms with Crippen LogP contribution >= 0.6 is 0 Å². The second-order valence-corrected chi connectivity index (χ2v) is 1.89. The Kier molecular flexibility index (Phi) is 2.53. The van der Waals surface area contributed by atoms with E-state index in [1.807, 2.05) is 0 Å². The number of hydrogen-bond donors (Lipinski definition) is 2. The van der Waals surface area contributed by atoms with Crippen molar-refractivity contribution in [1.82, 2.24) is 0 Å². The molecule has 8 heavy (non-hydrogen) atoms. The molecule has 2 nitrogen and oxygen atoms in total. The van der Waals surface area contributed by atoms with E-state index in [0.717, 1.165) is 0 Å². The molecule has 0 aromatic rings. The fraction of sp³-hybridized carbons (Fsp3) is 0.667. The minimum Gasteiger partial charge on any atom is -0.396 e. The van der Waals surface area contributed by atoms with Crippen LogP contribution in [0.15, 0.2) is 0 Å². The number of aliphatic hydroxyl groups is 2. The van der Waals surface area contributed by atoms with E-state index in [1.165, 1.54) is 6.92 Å². The Morgan fingerprint density at radius 3 is 2.38 bits per heavy atom. The molecule has 0 aromatic heterocycles. The van der Waals surface area contributed by atoms with Crippen molar-refractivity contribution in [3.05, 3.63) is 0 Å². The molecule has 2 N–H and O–H groups in total. The first kappa shape index (κ1) is 7.48. The number of terminal acetylenes is 1. The zero-order valence-electron chi connectivity index (χ0n) is 4.89. The van der Waals surface area contributed by atoms with Gasteiger partial charge in [-0.2, -0.15) is 0 Å². The molecule has 1 unspecified atom stereocenters. The SMILES string of the molecule is C#CC(C)(O)CCO. The lowest BCUT2D eigenvalue weighted by Crippen LogP contribution is -2.22. The third-order valence-electron chi connectivity index (χ3n) is 0.910. The van der Waals surface area contributed by atoms with Crippen molar-refractivity contribution in [1.29, 1.82) is 0 Å². The van der Waals surface area contributed by atoms with E-state index in [1.54, 1.807) is 0 Å². The molecule has 0 saturated heterocycles. The second-order valence-electron chi connectivity index (χ2n) is 1.89. The van der Waals surface area contributed by atoms with Gasteiger partial charge in [-0.25, -0.2) is 0 Å². The van der Waals surface area contributed by atoms with E-state index in [2.05, 4.69) is 5.92 Å². The van der Waals surface area contributed by atoms with Gasteiger partial charge in [-0.3, -0.25) is 0 Å². The average Bonchev–Trinajstić information content (AvgIpc) is 1.67. The summed E-state index contributed by atoms with van der Waals surface area (Å²) in [5.41, 5.74) is -1.13. The molecule has 0 rings (SSSR count). The van der Waals surface area contributed by atoms with Gasteiger partial charge in [-0.05, 0) is 6.92 Å². The van der Waals surface area contributed by atoms with Crippen LogP contribution in [0.4, 0.5) is 0 Å². The molecule has 0 radical (unpaired) electrons. The topological polar surface area (TPSA) is 40.5 Å². The van der Waals surface area contributed by atoms with Crippen molar-refractivity contribution in [2.45, 2.75) is 18.9 Å². The van der Waals surface area contributed by atoms with Crippen molar-refractivity contribution in [2.24, 2.45) is 0 Å². The van der Waals surface area contributed by atoms with Gasteiger partial charge in [0.2, 0.25) is 0 Å². The van der Waals surface area contributed by atoms with Crippen LogP contribution in [0.5, 0.6) is 0 Å². The Morgan fingerprint density at radius 2 is 2.25 bits per heavy atom. The maximum Gasteiger partial charge on any atom is 0.124 e. The van der Waals surface area contributed by atoms with Gasteiger partial charge in [0, 0.05) is 13.0 Å². The fourth-order valence-corrected chi connectivity index (χ4v) is 0.290. The van der Waals surface area contributed by atoms with Crippen LogP contribution in [-0.4, -0.2) is 22.4 Å². The minimum absolute atomic E-state index is 0.0722. The van der Waals surface area contributed by atoms with Crippen LogP contribution in [0, 0.1) is 12.3 Å². The predicted molar refractivity (Wildman–Crippen MR) is 31.2 cm³/mol. The maximum absolute atomic E-state index is 8.93. The maximum atomic E-state index is 8.93. The Bertz CT molecular complexity index is 99.6. The van der Waals surface area contributed by atoms with E-state index >= 15 is 0 Å². The van der Waals surface area contributed by atoms with Crippen molar-refractivity contribution >= 4 is 0 Å². The van der Waals surface area contributed by atoms with Crippen molar-refractivity contribution < 1.29 is 10.2 Å². The van der Waals surface area contributed by atoms with Crippen molar-refractivity contribution in [2.75, 3.05) is 6.61 Å². The molecule has 0 amide bonds. The van der Waals surface area contributed by atoms with Gasteiger partial charge in [0.1, 0.15) is 5.60 Å². The van der Waals surface area contributed by atoms with Crippen LogP contribution in [0.2, 0.25) is 0 Å². The minimum atomic E-state index is -1.13. The lowest BCUT2D eigenvalue weighted by Gasteiger charge is -2.12. The summed E-state index contributed by atoms with van der Waals surface area (Å²) in [4.78, 5) is 0.